The number of halogens is 3. The number of hydrogen-bond donors (Lipinski definition) is 1. The lowest BCUT2D eigenvalue weighted by molar-refractivity contribution is -0.209. The van der Waals surface area contributed by atoms with Crippen LogP contribution in [0, 0.1) is 46.3 Å². The Bertz CT molecular complexity index is 1250. The van der Waals surface area contributed by atoms with Crippen LogP contribution < -0.4 is 0 Å². The molecule has 1 N–H and O–H groups in total. The maximum absolute atomic E-state index is 13.4. The summed E-state index contributed by atoms with van der Waals surface area (Å²) in [4.78, 5) is 23.7. The fourth-order valence-corrected chi connectivity index (χ4v) is 10.9. The second-order valence-electron chi connectivity index (χ2n) is 15.2. The molecule has 0 amide bonds. The summed E-state index contributed by atoms with van der Waals surface area (Å²) in [5.41, 5.74) is -0.518. The van der Waals surface area contributed by atoms with Crippen LogP contribution in [0.5, 0.6) is 0 Å². The average molecular weight is 633 g/mol. The average Bonchev–Trinajstić information content (AvgIpc) is 3.33. The summed E-state index contributed by atoms with van der Waals surface area (Å²) in [5, 5.41) is 9.16. The molecule has 0 aliphatic heterocycles. The van der Waals surface area contributed by atoms with Gasteiger partial charge in [0.15, 0.2) is 0 Å². The minimum absolute atomic E-state index is 0.000779. The predicted octanol–water partition coefficient (Wildman–Crippen LogP) is 9.19. The van der Waals surface area contributed by atoms with E-state index in [0.29, 0.717) is 49.5 Å². The number of carboxylic acids is 1. The first-order valence-electron chi connectivity index (χ1n) is 17.0. The largest absolute Gasteiger partial charge is 0.481 e. The molecule has 0 radical (unpaired) electrons. The third-order valence-electron chi connectivity index (χ3n) is 13.0. The zero-order valence-electron chi connectivity index (χ0n) is 27.3. The molecule has 0 aromatic heterocycles. The zero-order chi connectivity index (χ0) is 32.8. The van der Waals surface area contributed by atoms with Crippen molar-refractivity contribution in [1.82, 2.24) is 0 Å². The standard InChI is InChI=1S/C37H51F3O5/c1-6-20-44-36(25-10-12-26(13-11-25)37(38,39)40)19-18-34(4)27(22-36)21-31(45-24(3)41)33-29-15-14-28(23(2)8-7-9-32(42)43)35(29,5)17-16-30(33)34/h6,10-13,23,27-31,33H,1,7-9,14-22H2,2-5H3,(H,42,43)/t23-,27-,28-,29+,30+,31-,33+,34+,35-,36+/m1/s1. The molecule has 0 spiro atoms. The first-order chi connectivity index (χ1) is 21.1. The van der Waals surface area contributed by atoms with Crippen LogP contribution in [0.1, 0.15) is 109 Å². The number of benzene rings is 1. The van der Waals surface area contributed by atoms with Gasteiger partial charge < -0.3 is 14.6 Å². The van der Waals surface area contributed by atoms with Crippen molar-refractivity contribution in [3.8, 4) is 0 Å². The SMILES string of the molecule is C=CCO[C@@]1(c2ccc(C(F)(F)F)cc2)CC[C@@]2(C)[C@H](C[C@@H](OC(C)=O)[C@@H]3[C@@H]2CC[C@]2(C)[C@@H]([C@H](C)CCCC(=O)O)CC[C@@H]32)C1. The molecular weight excluding hydrogens is 581 g/mol. The van der Waals surface area contributed by atoms with Crippen molar-refractivity contribution >= 4 is 11.9 Å². The highest BCUT2D eigenvalue weighted by atomic mass is 19.4. The Balaban J connectivity index is 1.43. The van der Waals surface area contributed by atoms with Crippen LogP contribution in [-0.4, -0.2) is 29.8 Å². The van der Waals surface area contributed by atoms with E-state index >= 15 is 0 Å². The van der Waals surface area contributed by atoms with Crippen LogP contribution in [0.25, 0.3) is 0 Å². The molecular formula is C37H51F3O5. The second kappa shape index (κ2) is 12.7. The van der Waals surface area contributed by atoms with Gasteiger partial charge in [-0.1, -0.05) is 39.0 Å². The van der Waals surface area contributed by atoms with Crippen molar-refractivity contribution in [3.05, 3.63) is 48.0 Å². The van der Waals surface area contributed by atoms with Crippen LogP contribution >= 0.6 is 0 Å². The van der Waals surface area contributed by atoms with Gasteiger partial charge in [-0.15, -0.1) is 6.58 Å². The predicted molar refractivity (Wildman–Crippen MR) is 166 cm³/mol. The Hall–Kier alpha value is -2.35. The van der Waals surface area contributed by atoms with Gasteiger partial charge in [0.25, 0.3) is 0 Å². The lowest BCUT2D eigenvalue weighted by atomic mass is 9.42. The number of ether oxygens (including phenoxy) is 2. The molecule has 8 heteroatoms. The van der Waals surface area contributed by atoms with Crippen molar-refractivity contribution in [2.24, 2.45) is 46.3 Å². The third kappa shape index (κ3) is 6.34. The van der Waals surface area contributed by atoms with Gasteiger partial charge in [0.05, 0.1) is 17.8 Å². The normalized spacial score (nSPS) is 38.4. The number of fused-ring (bicyclic) bond motifs is 5. The van der Waals surface area contributed by atoms with Gasteiger partial charge in [0.1, 0.15) is 6.10 Å². The number of esters is 1. The molecule has 10 atom stereocenters. The Kier molecular flexibility index (Phi) is 9.59. The van der Waals surface area contributed by atoms with Crippen molar-refractivity contribution in [2.45, 2.75) is 116 Å². The van der Waals surface area contributed by atoms with Crippen LogP contribution in [0.3, 0.4) is 0 Å². The van der Waals surface area contributed by atoms with Gasteiger partial charge in [-0.25, -0.2) is 0 Å². The number of rotatable bonds is 10. The molecule has 0 heterocycles. The molecule has 1 aromatic rings. The molecule has 45 heavy (non-hydrogen) atoms. The number of carbonyl (C=O) groups is 2. The van der Waals surface area contributed by atoms with Gasteiger partial charge in [-0.05, 0) is 122 Å². The monoisotopic (exact) mass is 632 g/mol. The van der Waals surface area contributed by atoms with Gasteiger partial charge in [0, 0.05) is 19.3 Å². The fraction of sp³-hybridized carbons (Fsp3) is 0.730. The van der Waals surface area contributed by atoms with Crippen molar-refractivity contribution < 1.29 is 37.3 Å². The van der Waals surface area contributed by atoms with Crippen LogP contribution in [0.2, 0.25) is 0 Å². The summed E-state index contributed by atoms with van der Waals surface area (Å²) >= 11 is 0. The second-order valence-corrected chi connectivity index (χ2v) is 15.2. The van der Waals surface area contributed by atoms with E-state index in [2.05, 4.69) is 27.4 Å². The Labute approximate surface area is 266 Å². The lowest BCUT2D eigenvalue weighted by Crippen LogP contribution is -2.60. The summed E-state index contributed by atoms with van der Waals surface area (Å²) in [5.74, 6) is 1.21. The summed E-state index contributed by atoms with van der Waals surface area (Å²) in [6, 6.07) is 5.46. The first-order valence-corrected chi connectivity index (χ1v) is 17.0. The highest BCUT2D eigenvalue weighted by molar-refractivity contribution is 5.66. The molecule has 250 valence electrons. The van der Waals surface area contributed by atoms with E-state index in [1.165, 1.54) is 6.92 Å². The van der Waals surface area contributed by atoms with E-state index in [1.54, 1.807) is 18.2 Å². The van der Waals surface area contributed by atoms with Crippen LogP contribution in [0.4, 0.5) is 13.2 Å². The van der Waals surface area contributed by atoms with E-state index in [-0.39, 0.29) is 41.2 Å². The van der Waals surface area contributed by atoms with E-state index in [9.17, 15) is 22.8 Å². The summed E-state index contributed by atoms with van der Waals surface area (Å²) in [7, 11) is 0. The zero-order valence-corrected chi connectivity index (χ0v) is 27.3. The lowest BCUT2D eigenvalue weighted by Gasteiger charge is -2.64. The maximum Gasteiger partial charge on any atom is 0.416 e. The number of aliphatic carboxylic acids is 1. The molecule has 0 unspecified atom stereocenters. The van der Waals surface area contributed by atoms with Gasteiger partial charge >= 0.3 is 18.1 Å². The molecule has 0 bridgehead atoms. The maximum atomic E-state index is 13.4. The fourth-order valence-electron chi connectivity index (χ4n) is 10.9. The Morgan fingerprint density at radius 2 is 1.76 bits per heavy atom. The van der Waals surface area contributed by atoms with Gasteiger partial charge in [-0.3, -0.25) is 9.59 Å². The minimum Gasteiger partial charge on any atom is -0.481 e. The van der Waals surface area contributed by atoms with Crippen molar-refractivity contribution in [2.75, 3.05) is 6.61 Å². The summed E-state index contributed by atoms with van der Waals surface area (Å²) in [6.07, 6.45) is 6.28. The van der Waals surface area contributed by atoms with E-state index in [0.717, 1.165) is 62.6 Å². The molecule has 4 aliphatic carbocycles. The third-order valence-corrected chi connectivity index (χ3v) is 13.0. The molecule has 5 rings (SSSR count). The van der Waals surface area contributed by atoms with Crippen LogP contribution in [-0.2, 0) is 30.8 Å². The van der Waals surface area contributed by atoms with Gasteiger partial charge in [-0.2, -0.15) is 13.2 Å². The first kappa shape index (κ1) is 34.0. The Morgan fingerprint density at radius 1 is 1.07 bits per heavy atom. The van der Waals surface area contributed by atoms with Crippen molar-refractivity contribution in [1.29, 1.82) is 0 Å². The quantitative estimate of drug-likeness (QED) is 0.206. The number of alkyl halides is 3. The van der Waals surface area contributed by atoms with E-state index < -0.39 is 23.3 Å². The molecule has 1 aromatic carbocycles. The minimum atomic E-state index is -4.40. The Morgan fingerprint density at radius 3 is 2.38 bits per heavy atom. The number of carbonyl (C=O) groups excluding carboxylic acids is 1. The number of hydrogen-bond acceptors (Lipinski definition) is 4. The smallest absolute Gasteiger partial charge is 0.416 e. The van der Waals surface area contributed by atoms with Gasteiger partial charge in [0.2, 0.25) is 0 Å². The topological polar surface area (TPSA) is 72.8 Å². The summed E-state index contributed by atoms with van der Waals surface area (Å²) in [6.45, 7) is 12.8. The molecule has 0 saturated heterocycles. The van der Waals surface area contributed by atoms with E-state index in [1.807, 2.05) is 0 Å². The van der Waals surface area contributed by atoms with Crippen molar-refractivity contribution in [3.63, 3.8) is 0 Å². The van der Waals surface area contributed by atoms with Crippen LogP contribution in [0.15, 0.2) is 36.9 Å². The highest BCUT2D eigenvalue weighted by Gasteiger charge is 2.65. The molecule has 4 aliphatic rings. The van der Waals surface area contributed by atoms with E-state index in [4.69, 9.17) is 14.6 Å². The molecule has 4 saturated carbocycles. The molecule has 4 fully saturated rings. The highest BCUT2D eigenvalue weighted by Crippen LogP contribution is 2.70. The molecule has 5 nitrogen and oxygen atoms in total. The summed E-state index contributed by atoms with van der Waals surface area (Å²) < 4.78 is 52.9. The number of carboxylic acid groups (broad SMARTS) is 1.